The van der Waals surface area contributed by atoms with E-state index in [9.17, 15) is 0 Å². The molecule has 2 nitrogen and oxygen atoms in total. The molecular weight excluding hydrogens is 264 g/mol. The lowest BCUT2D eigenvalue weighted by Gasteiger charge is -2.13. The summed E-state index contributed by atoms with van der Waals surface area (Å²) in [7, 11) is 0. The lowest BCUT2D eigenvalue weighted by molar-refractivity contribution is 0.547. The van der Waals surface area contributed by atoms with Gasteiger partial charge >= 0.3 is 0 Å². The zero-order valence-electron chi connectivity index (χ0n) is 10.4. The molecule has 1 unspecified atom stereocenters. The molecule has 0 aliphatic heterocycles. The molecule has 0 spiro atoms. The Bertz CT molecular complexity index is 453. The third kappa shape index (κ3) is 4.41. The summed E-state index contributed by atoms with van der Waals surface area (Å²) in [4.78, 5) is 4.27. The van der Waals surface area contributed by atoms with Gasteiger partial charge in [-0.1, -0.05) is 23.7 Å². The van der Waals surface area contributed by atoms with Gasteiger partial charge in [-0.15, -0.1) is 11.3 Å². The SMILES string of the molecule is CC(Cc1ccc(Cl)cc1)NCCc1cscn1. The Hall–Kier alpha value is -0.900. The van der Waals surface area contributed by atoms with E-state index in [1.165, 1.54) is 11.3 Å². The fourth-order valence-electron chi connectivity index (χ4n) is 1.85. The molecule has 0 radical (unpaired) electrons. The molecule has 0 amide bonds. The maximum Gasteiger partial charge on any atom is 0.0794 e. The van der Waals surface area contributed by atoms with Gasteiger partial charge in [-0.25, -0.2) is 4.98 Å². The van der Waals surface area contributed by atoms with E-state index < -0.39 is 0 Å². The first-order valence-corrected chi connectivity index (χ1v) is 7.41. The van der Waals surface area contributed by atoms with Crippen LogP contribution >= 0.6 is 22.9 Å². The fraction of sp³-hybridized carbons (Fsp3) is 0.357. The zero-order chi connectivity index (χ0) is 12.8. The van der Waals surface area contributed by atoms with Crippen molar-refractivity contribution in [3.8, 4) is 0 Å². The molecule has 0 fully saturated rings. The van der Waals surface area contributed by atoms with Gasteiger partial charge in [-0.3, -0.25) is 0 Å². The van der Waals surface area contributed by atoms with Crippen molar-refractivity contribution in [3.63, 3.8) is 0 Å². The first-order valence-electron chi connectivity index (χ1n) is 6.09. The third-order valence-corrected chi connectivity index (χ3v) is 3.70. The molecule has 0 aliphatic rings. The molecule has 18 heavy (non-hydrogen) atoms. The lowest BCUT2D eigenvalue weighted by atomic mass is 10.1. The predicted molar refractivity (Wildman–Crippen MR) is 78.4 cm³/mol. The topological polar surface area (TPSA) is 24.9 Å². The van der Waals surface area contributed by atoms with E-state index in [0.29, 0.717) is 6.04 Å². The molecule has 2 aromatic rings. The molecule has 0 bridgehead atoms. The average molecular weight is 281 g/mol. The molecule has 1 heterocycles. The van der Waals surface area contributed by atoms with Crippen molar-refractivity contribution in [2.45, 2.75) is 25.8 Å². The largest absolute Gasteiger partial charge is 0.314 e. The first kappa shape index (κ1) is 13.5. The predicted octanol–water partition coefficient (Wildman–Crippen LogP) is 3.56. The van der Waals surface area contributed by atoms with E-state index in [1.807, 2.05) is 17.6 Å². The lowest BCUT2D eigenvalue weighted by Crippen LogP contribution is -2.30. The summed E-state index contributed by atoms with van der Waals surface area (Å²) in [6, 6.07) is 8.52. The number of halogens is 1. The van der Waals surface area contributed by atoms with E-state index in [0.717, 1.165) is 24.4 Å². The fourth-order valence-corrected chi connectivity index (χ4v) is 2.57. The van der Waals surface area contributed by atoms with Gasteiger partial charge in [-0.05, 0) is 31.0 Å². The first-order chi connectivity index (χ1) is 8.74. The van der Waals surface area contributed by atoms with E-state index in [2.05, 4.69) is 34.7 Å². The zero-order valence-corrected chi connectivity index (χ0v) is 12.0. The minimum atomic E-state index is 0.463. The van der Waals surface area contributed by atoms with Crippen LogP contribution < -0.4 is 5.32 Å². The Labute approximate surface area is 117 Å². The van der Waals surface area contributed by atoms with E-state index in [1.54, 1.807) is 11.3 Å². The van der Waals surface area contributed by atoms with Crippen LogP contribution in [0, 0.1) is 0 Å². The van der Waals surface area contributed by atoms with Gasteiger partial charge in [-0.2, -0.15) is 0 Å². The maximum absolute atomic E-state index is 5.87. The highest BCUT2D eigenvalue weighted by molar-refractivity contribution is 7.07. The minimum absolute atomic E-state index is 0.463. The van der Waals surface area contributed by atoms with Gasteiger partial charge in [0, 0.05) is 29.4 Å². The van der Waals surface area contributed by atoms with Crippen molar-refractivity contribution in [2.24, 2.45) is 0 Å². The van der Waals surface area contributed by atoms with Crippen LogP contribution in [0.3, 0.4) is 0 Å². The van der Waals surface area contributed by atoms with Crippen LogP contribution in [-0.4, -0.2) is 17.6 Å². The number of benzene rings is 1. The number of rotatable bonds is 6. The Kier molecular flexibility index (Phi) is 5.17. The number of nitrogens with one attached hydrogen (secondary N) is 1. The minimum Gasteiger partial charge on any atom is -0.314 e. The Morgan fingerprint density at radius 3 is 2.78 bits per heavy atom. The standard InChI is InChI=1S/C14H17ClN2S/c1-11(8-12-2-4-13(15)5-3-12)16-7-6-14-9-18-10-17-14/h2-5,9-11,16H,6-8H2,1H3. The molecule has 4 heteroatoms. The summed E-state index contributed by atoms with van der Waals surface area (Å²) in [5, 5.41) is 6.41. The van der Waals surface area contributed by atoms with Crippen molar-refractivity contribution < 1.29 is 0 Å². The van der Waals surface area contributed by atoms with E-state index in [4.69, 9.17) is 11.6 Å². The molecule has 0 saturated carbocycles. The number of hydrogen-bond donors (Lipinski definition) is 1. The van der Waals surface area contributed by atoms with Gasteiger partial charge in [0.05, 0.1) is 11.2 Å². The van der Waals surface area contributed by atoms with Crippen LogP contribution in [0.25, 0.3) is 0 Å². The smallest absolute Gasteiger partial charge is 0.0794 e. The Balaban J connectivity index is 1.71. The van der Waals surface area contributed by atoms with Crippen LogP contribution in [-0.2, 0) is 12.8 Å². The van der Waals surface area contributed by atoms with Crippen LogP contribution in [0.1, 0.15) is 18.2 Å². The molecule has 1 aromatic heterocycles. The van der Waals surface area contributed by atoms with Crippen LogP contribution in [0.15, 0.2) is 35.2 Å². The van der Waals surface area contributed by atoms with Crippen molar-refractivity contribution in [1.82, 2.24) is 10.3 Å². The molecule has 96 valence electrons. The second-order valence-electron chi connectivity index (χ2n) is 4.42. The highest BCUT2D eigenvalue weighted by Crippen LogP contribution is 2.11. The molecule has 0 aliphatic carbocycles. The number of hydrogen-bond acceptors (Lipinski definition) is 3. The molecule has 1 N–H and O–H groups in total. The van der Waals surface area contributed by atoms with Crippen molar-refractivity contribution in [2.75, 3.05) is 6.54 Å². The molecule has 0 saturated heterocycles. The van der Waals surface area contributed by atoms with Gasteiger partial charge in [0.15, 0.2) is 0 Å². The van der Waals surface area contributed by atoms with Crippen molar-refractivity contribution >= 4 is 22.9 Å². The summed E-state index contributed by atoms with van der Waals surface area (Å²) < 4.78 is 0. The van der Waals surface area contributed by atoms with Crippen LogP contribution in [0.5, 0.6) is 0 Å². The maximum atomic E-state index is 5.87. The summed E-state index contributed by atoms with van der Waals surface area (Å²) >= 11 is 7.52. The number of aromatic nitrogens is 1. The van der Waals surface area contributed by atoms with Gasteiger partial charge < -0.3 is 5.32 Å². The van der Waals surface area contributed by atoms with E-state index >= 15 is 0 Å². The van der Waals surface area contributed by atoms with Crippen molar-refractivity contribution in [1.29, 1.82) is 0 Å². The highest BCUT2D eigenvalue weighted by atomic mass is 35.5. The Morgan fingerprint density at radius 1 is 1.33 bits per heavy atom. The van der Waals surface area contributed by atoms with E-state index in [-0.39, 0.29) is 0 Å². The summed E-state index contributed by atoms with van der Waals surface area (Å²) in [6.07, 6.45) is 2.02. The number of nitrogens with zero attached hydrogens (tertiary/aromatic N) is 1. The molecule has 1 aromatic carbocycles. The quantitative estimate of drug-likeness (QED) is 0.875. The van der Waals surface area contributed by atoms with Crippen LogP contribution in [0.4, 0.5) is 0 Å². The van der Waals surface area contributed by atoms with Gasteiger partial charge in [0.25, 0.3) is 0 Å². The van der Waals surface area contributed by atoms with Gasteiger partial charge in [0.1, 0.15) is 0 Å². The normalized spacial score (nSPS) is 12.6. The second-order valence-corrected chi connectivity index (χ2v) is 5.57. The summed E-state index contributed by atoms with van der Waals surface area (Å²) in [5.41, 5.74) is 4.37. The van der Waals surface area contributed by atoms with Crippen molar-refractivity contribution in [3.05, 3.63) is 51.4 Å². The second kappa shape index (κ2) is 6.88. The number of thiazole rings is 1. The molecule has 2 rings (SSSR count). The monoisotopic (exact) mass is 280 g/mol. The Morgan fingerprint density at radius 2 is 2.11 bits per heavy atom. The average Bonchev–Trinajstić information content (AvgIpc) is 2.85. The summed E-state index contributed by atoms with van der Waals surface area (Å²) in [6.45, 7) is 3.17. The van der Waals surface area contributed by atoms with Gasteiger partial charge in [0.2, 0.25) is 0 Å². The molecular formula is C14H17ClN2S. The third-order valence-electron chi connectivity index (χ3n) is 2.81. The highest BCUT2D eigenvalue weighted by Gasteiger charge is 2.03. The van der Waals surface area contributed by atoms with Crippen LogP contribution in [0.2, 0.25) is 5.02 Å². The summed E-state index contributed by atoms with van der Waals surface area (Å²) in [5.74, 6) is 0. The molecule has 1 atom stereocenters.